The summed E-state index contributed by atoms with van der Waals surface area (Å²) in [5, 5.41) is 27.1. The third kappa shape index (κ3) is 7.92. The molecule has 2 aromatic carbocycles. The monoisotopic (exact) mass is 620 g/mol. The standard InChI is InChI=1S/C20H21N5O6.C4HCl2N3O2/c1-28-15-7-5-12(9-17(15)30-3)22-19-14(25(26)27)11-21-20(24-19)23-13-6-8-16(29-2)18(10-13)31-4;5-3-2(9(10)11)1-7-4(6)8-3/h5-11H,1-4H3,(H2,21,22,23,24);1H. The van der Waals surface area contributed by atoms with Crippen molar-refractivity contribution in [2.75, 3.05) is 39.1 Å². The van der Waals surface area contributed by atoms with Crippen molar-refractivity contribution in [3.05, 3.63) is 79.5 Å². The van der Waals surface area contributed by atoms with Crippen molar-refractivity contribution in [3.8, 4) is 23.0 Å². The lowest BCUT2D eigenvalue weighted by Crippen LogP contribution is -2.05. The van der Waals surface area contributed by atoms with Gasteiger partial charge in [0.05, 0.1) is 38.3 Å². The van der Waals surface area contributed by atoms with Gasteiger partial charge >= 0.3 is 11.4 Å². The number of anilines is 4. The number of halogens is 2. The molecule has 0 aliphatic heterocycles. The number of aromatic nitrogens is 4. The van der Waals surface area contributed by atoms with E-state index >= 15 is 0 Å². The van der Waals surface area contributed by atoms with Crippen LogP contribution < -0.4 is 29.6 Å². The second-order valence-corrected chi connectivity index (χ2v) is 8.34. The molecule has 0 aliphatic rings. The normalized spacial score (nSPS) is 10.0. The quantitative estimate of drug-likeness (QED) is 0.0960. The second kappa shape index (κ2) is 14.4. The molecule has 0 radical (unpaired) electrons. The molecule has 2 heterocycles. The number of rotatable bonds is 10. The predicted molar refractivity (Wildman–Crippen MR) is 153 cm³/mol. The van der Waals surface area contributed by atoms with Gasteiger partial charge in [0.1, 0.15) is 12.4 Å². The minimum absolute atomic E-state index is 0.00944. The van der Waals surface area contributed by atoms with E-state index in [1.807, 2.05) is 0 Å². The maximum atomic E-state index is 11.4. The smallest absolute Gasteiger partial charge is 0.329 e. The van der Waals surface area contributed by atoms with Gasteiger partial charge in [0, 0.05) is 23.5 Å². The highest BCUT2D eigenvalue weighted by molar-refractivity contribution is 6.33. The van der Waals surface area contributed by atoms with E-state index in [1.165, 1.54) is 28.4 Å². The van der Waals surface area contributed by atoms with Gasteiger partial charge in [-0.05, 0) is 35.9 Å². The summed E-state index contributed by atoms with van der Waals surface area (Å²) in [6.07, 6.45) is 2.08. The van der Waals surface area contributed by atoms with E-state index in [9.17, 15) is 20.2 Å². The third-order valence-corrected chi connectivity index (χ3v) is 5.60. The number of nitro groups is 2. The van der Waals surface area contributed by atoms with Gasteiger partial charge < -0.3 is 29.6 Å². The molecule has 18 heteroatoms. The van der Waals surface area contributed by atoms with Crippen LogP contribution in [0.5, 0.6) is 23.0 Å². The van der Waals surface area contributed by atoms with Crippen LogP contribution in [0.15, 0.2) is 48.8 Å². The van der Waals surface area contributed by atoms with E-state index in [1.54, 1.807) is 36.4 Å². The molecule has 0 amide bonds. The van der Waals surface area contributed by atoms with Crippen LogP contribution >= 0.6 is 23.2 Å². The van der Waals surface area contributed by atoms with Gasteiger partial charge in [-0.1, -0.05) is 11.6 Å². The number of benzene rings is 2. The van der Waals surface area contributed by atoms with Gasteiger partial charge in [-0.2, -0.15) is 9.97 Å². The summed E-state index contributed by atoms with van der Waals surface area (Å²) >= 11 is 10.6. The molecular weight excluding hydrogens is 599 g/mol. The van der Waals surface area contributed by atoms with E-state index in [2.05, 4.69) is 30.6 Å². The van der Waals surface area contributed by atoms with Gasteiger partial charge in [0.25, 0.3) is 0 Å². The highest BCUT2D eigenvalue weighted by Gasteiger charge is 2.19. The van der Waals surface area contributed by atoms with Gasteiger partial charge in [-0.3, -0.25) is 20.2 Å². The Balaban J connectivity index is 0.000000369. The van der Waals surface area contributed by atoms with Gasteiger partial charge in [0.2, 0.25) is 22.2 Å². The molecule has 0 atom stereocenters. The Hall–Kier alpha value is -5.22. The van der Waals surface area contributed by atoms with Crippen molar-refractivity contribution >= 4 is 57.7 Å². The van der Waals surface area contributed by atoms with E-state index in [0.717, 1.165) is 12.4 Å². The molecule has 4 rings (SSSR count). The molecule has 42 heavy (non-hydrogen) atoms. The Morgan fingerprint density at radius 3 is 1.67 bits per heavy atom. The van der Waals surface area contributed by atoms with Crippen molar-refractivity contribution in [1.29, 1.82) is 0 Å². The summed E-state index contributed by atoms with van der Waals surface area (Å²) in [5.74, 6) is 2.23. The number of nitrogens with zero attached hydrogens (tertiary/aromatic N) is 6. The minimum Gasteiger partial charge on any atom is -0.493 e. The van der Waals surface area contributed by atoms with Crippen molar-refractivity contribution in [3.63, 3.8) is 0 Å². The molecule has 0 bridgehead atoms. The topological polar surface area (TPSA) is 199 Å². The Bertz CT molecular complexity index is 1590. The van der Waals surface area contributed by atoms with Crippen LogP contribution in [-0.2, 0) is 0 Å². The average molecular weight is 621 g/mol. The summed E-state index contributed by atoms with van der Waals surface area (Å²) < 4.78 is 21.0. The summed E-state index contributed by atoms with van der Waals surface area (Å²) in [6, 6.07) is 10.2. The first-order valence-electron chi connectivity index (χ1n) is 11.4. The zero-order valence-electron chi connectivity index (χ0n) is 22.3. The molecular formula is C24H22Cl2N8O8. The van der Waals surface area contributed by atoms with Crippen molar-refractivity contribution in [1.82, 2.24) is 19.9 Å². The predicted octanol–water partition coefficient (Wildman–Crippen LogP) is 5.60. The zero-order valence-corrected chi connectivity index (χ0v) is 23.8. The molecule has 2 N–H and O–H groups in total. The maximum Gasteiger partial charge on any atom is 0.329 e. The fourth-order valence-corrected chi connectivity index (χ4v) is 3.59. The van der Waals surface area contributed by atoms with E-state index in [-0.39, 0.29) is 33.6 Å². The van der Waals surface area contributed by atoms with Crippen molar-refractivity contribution in [2.24, 2.45) is 0 Å². The number of ether oxygens (including phenoxy) is 4. The highest BCUT2D eigenvalue weighted by atomic mass is 35.5. The molecule has 220 valence electrons. The first-order chi connectivity index (χ1) is 20.1. The van der Waals surface area contributed by atoms with Crippen LogP contribution in [0.2, 0.25) is 10.4 Å². The summed E-state index contributed by atoms with van der Waals surface area (Å²) in [4.78, 5) is 35.4. The highest BCUT2D eigenvalue weighted by Crippen LogP contribution is 2.34. The fraction of sp³-hybridized carbons (Fsp3) is 0.167. The van der Waals surface area contributed by atoms with Crippen molar-refractivity contribution in [2.45, 2.75) is 0 Å². The molecule has 0 saturated heterocycles. The first kappa shape index (κ1) is 31.3. The van der Waals surface area contributed by atoms with E-state index in [4.69, 9.17) is 42.1 Å². The molecule has 2 aromatic heterocycles. The van der Waals surface area contributed by atoms with Crippen LogP contribution in [-0.4, -0.2) is 58.2 Å². The number of hydrogen-bond acceptors (Lipinski definition) is 14. The number of hydrogen-bond donors (Lipinski definition) is 2. The first-order valence-corrected chi connectivity index (χ1v) is 12.2. The minimum atomic E-state index is -0.682. The molecule has 0 unspecified atom stereocenters. The van der Waals surface area contributed by atoms with Crippen LogP contribution in [0.4, 0.5) is 34.5 Å². The van der Waals surface area contributed by atoms with E-state index in [0.29, 0.717) is 34.4 Å². The molecule has 4 aromatic rings. The van der Waals surface area contributed by atoms with E-state index < -0.39 is 9.85 Å². The maximum absolute atomic E-state index is 11.4. The third-order valence-electron chi connectivity index (χ3n) is 5.14. The molecule has 0 spiro atoms. The van der Waals surface area contributed by atoms with Gasteiger partial charge in [0.15, 0.2) is 23.0 Å². The van der Waals surface area contributed by atoms with Crippen LogP contribution in [0.25, 0.3) is 0 Å². The van der Waals surface area contributed by atoms with Crippen LogP contribution in [0.3, 0.4) is 0 Å². The molecule has 0 saturated carbocycles. The molecule has 16 nitrogen and oxygen atoms in total. The van der Waals surface area contributed by atoms with Gasteiger partial charge in [-0.25, -0.2) is 9.97 Å². The lowest BCUT2D eigenvalue weighted by Gasteiger charge is -2.13. The molecule has 0 aliphatic carbocycles. The number of nitrogens with one attached hydrogen (secondary N) is 2. The van der Waals surface area contributed by atoms with Crippen LogP contribution in [0.1, 0.15) is 0 Å². The molecule has 0 fully saturated rings. The lowest BCUT2D eigenvalue weighted by molar-refractivity contribution is -0.385. The largest absolute Gasteiger partial charge is 0.493 e. The van der Waals surface area contributed by atoms with Crippen LogP contribution in [0, 0.1) is 20.2 Å². The lowest BCUT2D eigenvalue weighted by atomic mass is 10.2. The SMILES string of the molecule is COc1ccc(Nc2ncc([N+](=O)[O-])c(Nc3ccc(OC)c(OC)c3)n2)cc1OC.O=[N+]([O-])c1cnc(Cl)nc1Cl. The second-order valence-electron chi connectivity index (χ2n) is 7.65. The van der Waals surface area contributed by atoms with Gasteiger partial charge in [-0.15, -0.1) is 0 Å². The fourth-order valence-electron chi connectivity index (χ4n) is 3.21. The summed E-state index contributed by atoms with van der Waals surface area (Å²) in [5.41, 5.74) is 0.504. The summed E-state index contributed by atoms with van der Waals surface area (Å²) in [7, 11) is 6.08. The Kier molecular flexibility index (Phi) is 10.8. The summed E-state index contributed by atoms with van der Waals surface area (Å²) in [6.45, 7) is 0. The van der Waals surface area contributed by atoms with Crippen molar-refractivity contribution < 1.29 is 28.8 Å². The Morgan fingerprint density at radius 1 is 0.690 bits per heavy atom. The Morgan fingerprint density at radius 2 is 1.19 bits per heavy atom. The zero-order chi connectivity index (χ0) is 30.8. The average Bonchev–Trinajstić information content (AvgIpc) is 2.97. The Labute approximate surface area is 247 Å². The number of methoxy groups -OCH3 is 4.